The van der Waals surface area contributed by atoms with Crippen LogP contribution in [0.15, 0.2) is 40.8 Å². The number of primary amides is 1. The van der Waals surface area contributed by atoms with Gasteiger partial charge in [0, 0.05) is 23.7 Å². The van der Waals surface area contributed by atoms with Crippen molar-refractivity contribution in [3.63, 3.8) is 0 Å². The number of carbonyl (C=O) groups excluding carboxylic acids is 3. The van der Waals surface area contributed by atoms with Crippen LogP contribution >= 0.6 is 0 Å². The zero-order chi connectivity index (χ0) is 29.8. The summed E-state index contributed by atoms with van der Waals surface area (Å²) in [6, 6.07) is 4.01. The van der Waals surface area contributed by atoms with Gasteiger partial charge < -0.3 is 35.4 Å². The lowest BCUT2D eigenvalue weighted by Gasteiger charge is -2.19. The zero-order valence-corrected chi connectivity index (χ0v) is 21.3. The van der Waals surface area contributed by atoms with Crippen molar-refractivity contribution in [2.24, 2.45) is 11.7 Å². The van der Waals surface area contributed by atoms with Crippen LogP contribution in [0, 0.1) is 17.6 Å². The van der Waals surface area contributed by atoms with E-state index in [0.29, 0.717) is 6.07 Å². The molecule has 41 heavy (non-hydrogen) atoms. The van der Waals surface area contributed by atoms with Crippen molar-refractivity contribution in [3.05, 3.63) is 65.1 Å². The molecule has 0 radical (unpaired) electrons. The van der Waals surface area contributed by atoms with Gasteiger partial charge in [0.15, 0.2) is 29.1 Å². The fourth-order valence-electron chi connectivity index (χ4n) is 3.86. The highest BCUT2D eigenvalue weighted by molar-refractivity contribution is 5.97. The van der Waals surface area contributed by atoms with E-state index in [9.17, 15) is 37.1 Å². The van der Waals surface area contributed by atoms with Gasteiger partial charge in [-0.1, -0.05) is 6.07 Å². The number of aromatic nitrogens is 1. The van der Waals surface area contributed by atoms with E-state index in [1.807, 2.05) is 0 Å². The molecule has 3 amide bonds. The number of nitrogens with one attached hydrogen (secondary N) is 2. The molecule has 3 aromatic rings. The molecule has 1 fully saturated rings. The molecule has 1 aromatic heterocycles. The van der Waals surface area contributed by atoms with Crippen LogP contribution in [0.3, 0.4) is 0 Å². The maximum Gasteiger partial charge on any atom is 0.405 e. The molecule has 0 saturated heterocycles. The molecule has 2 aromatic carbocycles. The Morgan fingerprint density at radius 1 is 1.17 bits per heavy atom. The fourth-order valence-corrected chi connectivity index (χ4v) is 3.86. The van der Waals surface area contributed by atoms with Crippen LogP contribution in [0.4, 0.5) is 22.4 Å². The number of nitrogens with zero attached hydrogens (tertiary/aromatic N) is 1. The Kier molecular flexibility index (Phi) is 8.64. The van der Waals surface area contributed by atoms with Gasteiger partial charge in [0.05, 0.1) is 0 Å². The van der Waals surface area contributed by atoms with E-state index >= 15 is 0 Å². The van der Waals surface area contributed by atoms with Gasteiger partial charge in [-0.15, -0.1) is 0 Å². The predicted octanol–water partition coefficient (Wildman–Crippen LogP) is 4.08. The summed E-state index contributed by atoms with van der Waals surface area (Å²) in [4.78, 5) is 41.9. The Bertz CT molecular complexity index is 1460. The van der Waals surface area contributed by atoms with E-state index in [1.54, 1.807) is 0 Å². The molecule has 2 unspecified atom stereocenters. The normalized spacial score (nSPS) is 14.3. The topological polar surface area (TPSA) is 166 Å². The second-order valence-electron chi connectivity index (χ2n) is 9.13. The van der Waals surface area contributed by atoms with Gasteiger partial charge in [-0.05, 0) is 49.9 Å². The number of benzene rings is 2. The molecule has 1 aliphatic rings. The number of phenols is 1. The standard InChI is InChI=1S/C26H24F4N4O7/c1-11(39-26(31)38)21-20(34-24(41-21)13-4-7-18(17(35)8-13)40-25(29)30)23(37)33-19(22(36)32-10-12-2-3-12)15-6-5-14(27)9-16(15)28/h4-9,11-12,19,25,35H,2-3,10H2,1H3,(H2,31,38)(H,32,36)(H,33,37). The average molecular weight is 580 g/mol. The Hall–Kier alpha value is -4.82. The van der Waals surface area contributed by atoms with Crippen LogP contribution in [-0.4, -0.2) is 41.2 Å². The Labute approximate surface area is 229 Å². The molecule has 0 bridgehead atoms. The number of oxazole rings is 1. The summed E-state index contributed by atoms with van der Waals surface area (Å²) >= 11 is 0. The monoisotopic (exact) mass is 580 g/mol. The maximum absolute atomic E-state index is 14.7. The lowest BCUT2D eigenvalue weighted by Crippen LogP contribution is -2.42. The van der Waals surface area contributed by atoms with E-state index in [-0.39, 0.29) is 35.2 Å². The zero-order valence-electron chi connectivity index (χ0n) is 21.3. The quantitative estimate of drug-likeness (QED) is 0.246. The van der Waals surface area contributed by atoms with Crippen molar-refractivity contribution in [3.8, 4) is 23.0 Å². The largest absolute Gasteiger partial charge is 0.504 e. The minimum atomic E-state index is -3.21. The number of rotatable bonds is 11. The first-order chi connectivity index (χ1) is 19.4. The fraction of sp³-hybridized carbons (Fsp3) is 0.308. The Balaban J connectivity index is 1.69. The number of hydrogen-bond donors (Lipinski definition) is 4. The molecule has 218 valence electrons. The third-order valence-electron chi connectivity index (χ3n) is 6.03. The first-order valence-corrected chi connectivity index (χ1v) is 12.2. The van der Waals surface area contributed by atoms with E-state index in [0.717, 1.165) is 37.1 Å². The second kappa shape index (κ2) is 12.1. The summed E-state index contributed by atoms with van der Waals surface area (Å²) in [5, 5.41) is 15.0. The van der Waals surface area contributed by atoms with Crippen molar-refractivity contribution in [1.29, 1.82) is 0 Å². The van der Waals surface area contributed by atoms with Gasteiger partial charge in [0.2, 0.25) is 11.8 Å². The van der Waals surface area contributed by atoms with Crippen molar-refractivity contribution in [2.75, 3.05) is 6.54 Å². The molecule has 1 aliphatic carbocycles. The molecule has 0 aliphatic heterocycles. The minimum Gasteiger partial charge on any atom is -0.504 e. The number of phenolic OH excluding ortho intramolecular Hbond substituents is 1. The molecule has 1 saturated carbocycles. The first kappa shape index (κ1) is 29.2. The lowest BCUT2D eigenvalue weighted by molar-refractivity contribution is -0.123. The summed E-state index contributed by atoms with van der Waals surface area (Å²) in [5.74, 6) is -5.51. The van der Waals surface area contributed by atoms with Crippen LogP contribution in [0.2, 0.25) is 0 Å². The third kappa shape index (κ3) is 7.23. The van der Waals surface area contributed by atoms with Gasteiger partial charge in [-0.2, -0.15) is 8.78 Å². The summed E-state index contributed by atoms with van der Waals surface area (Å²) in [5.41, 5.74) is 4.24. The number of amides is 3. The lowest BCUT2D eigenvalue weighted by atomic mass is 10.0. The van der Waals surface area contributed by atoms with Crippen molar-refractivity contribution >= 4 is 17.9 Å². The second-order valence-corrected chi connectivity index (χ2v) is 9.13. The predicted molar refractivity (Wildman–Crippen MR) is 132 cm³/mol. The Morgan fingerprint density at radius 2 is 1.90 bits per heavy atom. The highest BCUT2D eigenvalue weighted by Crippen LogP contribution is 2.35. The Morgan fingerprint density at radius 3 is 2.51 bits per heavy atom. The van der Waals surface area contributed by atoms with E-state index < -0.39 is 65.5 Å². The van der Waals surface area contributed by atoms with Gasteiger partial charge in [-0.25, -0.2) is 18.6 Å². The number of carbonyl (C=O) groups is 3. The number of halogens is 4. The van der Waals surface area contributed by atoms with Gasteiger partial charge >= 0.3 is 12.7 Å². The molecule has 4 rings (SSSR count). The maximum atomic E-state index is 14.7. The van der Waals surface area contributed by atoms with Crippen molar-refractivity contribution in [2.45, 2.75) is 38.5 Å². The highest BCUT2D eigenvalue weighted by Gasteiger charge is 2.33. The van der Waals surface area contributed by atoms with E-state index in [2.05, 4.69) is 20.4 Å². The highest BCUT2D eigenvalue weighted by atomic mass is 19.3. The molecule has 15 heteroatoms. The summed E-state index contributed by atoms with van der Waals surface area (Å²) in [6.07, 6.45) is -0.723. The van der Waals surface area contributed by atoms with Gasteiger partial charge in [0.25, 0.3) is 5.91 Å². The molecule has 2 atom stereocenters. The number of nitrogens with two attached hydrogens (primary N) is 1. The number of hydrogen-bond acceptors (Lipinski definition) is 8. The molecule has 11 nitrogen and oxygen atoms in total. The summed E-state index contributed by atoms with van der Waals surface area (Å²) < 4.78 is 68.0. The molecule has 1 heterocycles. The van der Waals surface area contributed by atoms with Crippen molar-refractivity contribution in [1.82, 2.24) is 15.6 Å². The number of aromatic hydroxyl groups is 1. The summed E-state index contributed by atoms with van der Waals surface area (Å²) in [6.45, 7) is -1.63. The molecule has 5 N–H and O–H groups in total. The first-order valence-electron chi connectivity index (χ1n) is 12.2. The SMILES string of the molecule is CC(OC(N)=O)c1oc(-c2ccc(OC(F)F)c(O)c2)nc1C(=O)NC(C(=O)NCC1CC1)c1ccc(F)cc1F. The minimum absolute atomic E-state index is 0.000929. The van der Waals surface area contributed by atoms with Crippen LogP contribution < -0.4 is 21.1 Å². The number of alkyl halides is 2. The van der Waals surface area contributed by atoms with Crippen LogP contribution in [-0.2, 0) is 9.53 Å². The van der Waals surface area contributed by atoms with Gasteiger partial charge in [0.1, 0.15) is 17.7 Å². The molecular formula is C26H24F4N4O7. The number of ether oxygens (including phenoxy) is 2. The smallest absolute Gasteiger partial charge is 0.405 e. The molecular weight excluding hydrogens is 556 g/mol. The third-order valence-corrected chi connectivity index (χ3v) is 6.03. The van der Waals surface area contributed by atoms with Crippen LogP contribution in [0.5, 0.6) is 11.5 Å². The summed E-state index contributed by atoms with van der Waals surface area (Å²) in [7, 11) is 0. The van der Waals surface area contributed by atoms with Crippen LogP contribution in [0.1, 0.15) is 53.7 Å². The van der Waals surface area contributed by atoms with Gasteiger partial charge in [-0.3, -0.25) is 9.59 Å². The van der Waals surface area contributed by atoms with E-state index in [4.69, 9.17) is 14.9 Å². The molecule has 0 spiro atoms. The van der Waals surface area contributed by atoms with E-state index in [1.165, 1.54) is 13.0 Å². The average Bonchev–Trinajstić information content (AvgIpc) is 3.61. The van der Waals surface area contributed by atoms with Crippen molar-refractivity contribution < 1.29 is 50.9 Å². The van der Waals surface area contributed by atoms with Crippen LogP contribution in [0.25, 0.3) is 11.5 Å².